The lowest BCUT2D eigenvalue weighted by Gasteiger charge is -2.09. The van der Waals surface area contributed by atoms with Crippen molar-refractivity contribution in [3.05, 3.63) is 36.6 Å². The molecule has 0 aliphatic heterocycles. The van der Waals surface area contributed by atoms with E-state index in [0.717, 1.165) is 12.1 Å². The number of hydrogen-bond donors (Lipinski definition) is 0. The Bertz CT molecular complexity index is 192. The van der Waals surface area contributed by atoms with E-state index in [1.54, 1.807) is 13.1 Å². The van der Waals surface area contributed by atoms with Gasteiger partial charge in [-0.1, -0.05) is 18.7 Å². The third-order valence-electron chi connectivity index (χ3n) is 1.23. The number of likely N-dealkylation sites (N-methyl/N-ethyl adjacent to an activating group) is 1. The molecule has 0 aromatic carbocycles. The molecule has 0 aromatic heterocycles. The van der Waals surface area contributed by atoms with Crippen molar-refractivity contribution < 1.29 is 4.79 Å². The predicted octanol–water partition coefficient (Wildman–Crippen LogP) is 1.72. The summed E-state index contributed by atoms with van der Waals surface area (Å²) in [6.45, 7) is 5.50. The Morgan fingerprint density at radius 3 is 2.55 bits per heavy atom. The summed E-state index contributed by atoms with van der Waals surface area (Å²) >= 11 is 0. The van der Waals surface area contributed by atoms with Gasteiger partial charge in [0.15, 0.2) is 0 Å². The molecule has 2 heteroatoms. The average Bonchev–Trinajstić information content (AvgIpc) is 2.05. The molecule has 60 valence electrons. The number of carbonyl (C=O) groups is 1. The van der Waals surface area contributed by atoms with Gasteiger partial charge in [-0.05, 0) is 19.1 Å². The van der Waals surface area contributed by atoms with Crippen LogP contribution in [0.5, 0.6) is 0 Å². The fourth-order valence-corrected chi connectivity index (χ4v) is 0.585. The van der Waals surface area contributed by atoms with Crippen LogP contribution in [0.4, 0.5) is 0 Å². The third-order valence-corrected chi connectivity index (χ3v) is 1.23. The molecule has 11 heavy (non-hydrogen) atoms. The summed E-state index contributed by atoms with van der Waals surface area (Å²) < 4.78 is 0. The maximum atomic E-state index is 10.3. The Balaban J connectivity index is 4.37. The molecule has 0 saturated heterocycles. The highest BCUT2D eigenvalue weighted by atomic mass is 16.1. The van der Waals surface area contributed by atoms with Gasteiger partial charge >= 0.3 is 0 Å². The Labute approximate surface area is 67.5 Å². The standard InChI is InChI=1S/C9H13NO/c1-4-6-7-9(5-2)10(3)8-11/h4-8H,2H2,1,3H3/b6-4-,9-7+. The second-order valence-electron chi connectivity index (χ2n) is 2.04. The summed E-state index contributed by atoms with van der Waals surface area (Å²) in [5, 5.41) is 0. The molecule has 0 bridgehead atoms. The lowest BCUT2D eigenvalue weighted by atomic mass is 10.3. The quantitative estimate of drug-likeness (QED) is 0.442. The number of rotatable bonds is 4. The second-order valence-corrected chi connectivity index (χ2v) is 2.04. The monoisotopic (exact) mass is 151 g/mol. The highest BCUT2D eigenvalue weighted by Crippen LogP contribution is 1.99. The van der Waals surface area contributed by atoms with Gasteiger partial charge < -0.3 is 4.90 Å². The molecule has 0 heterocycles. The molecule has 0 saturated carbocycles. The molecule has 0 aliphatic carbocycles. The number of carbonyl (C=O) groups excluding carboxylic acids is 1. The molecule has 1 amide bonds. The van der Waals surface area contributed by atoms with Crippen molar-refractivity contribution in [2.24, 2.45) is 0 Å². The Kier molecular flexibility index (Phi) is 4.82. The Morgan fingerprint density at radius 2 is 2.18 bits per heavy atom. The molecule has 0 radical (unpaired) electrons. The van der Waals surface area contributed by atoms with E-state index in [-0.39, 0.29) is 0 Å². The molecule has 0 N–H and O–H groups in total. The summed E-state index contributed by atoms with van der Waals surface area (Å²) in [6, 6.07) is 0. The largest absolute Gasteiger partial charge is 0.318 e. The highest BCUT2D eigenvalue weighted by Gasteiger charge is 1.94. The van der Waals surface area contributed by atoms with Crippen molar-refractivity contribution >= 4 is 6.41 Å². The molecular formula is C9H13NO. The molecule has 0 unspecified atom stereocenters. The SMILES string of the molecule is C=C/C(=C\C=C/C)N(C)C=O. The lowest BCUT2D eigenvalue weighted by molar-refractivity contribution is -0.115. The summed E-state index contributed by atoms with van der Waals surface area (Å²) in [5.41, 5.74) is 0.790. The van der Waals surface area contributed by atoms with Crippen LogP contribution in [0, 0.1) is 0 Å². The molecule has 0 fully saturated rings. The van der Waals surface area contributed by atoms with Crippen molar-refractivity contribution in [3.63, 3.8) is 0 Å². The number of allylic oxidation sites excluding steroid dienone is 4. The topological polar surface area (TPSA) is 20.3 Å². The van der Waals surface area contributed by atoms with Gasteiger partial charge in [-0.15, -0.1) is 0 Å². The minimum atomic E-state index is 0.747. The fraction of sp³-hybridized carbons (Fsp3) is 0.222. The summed E-state index contributed by atoms with van der Waals surface area (Å²) in [6.07, 6.45) is 7.95. The number of hydrogen-bond acceptors (Lipinski definition) is 1. The zero-order valence-electron chi connectivity index (χ0n) is 6.95. The Morgan fingerprint density at radius 1 is 1.55 bits per heavy atom. The molecular weight excluding hydrogens is 138 g/mol. The lowest BCUT2D eigenvalue weighted by Crippen LogP contribution is -2.12. The van der Waals surface area contributed by atoms with Crippen LogP contribution in [0.15, 0.2) is 36.6 Å². The van der Waals surface area contributed by atoms with Gasteiger partial charge in [0, 0.05) is 12.7 Å². The summed E-state index contributed by atoms with van der Waals surface area (Å²) in [5.74, 6) is 0. The van der Waals surface area contributed by atoms with Crippen LogP contribution in [0.25, 0.3) is 0 Å². The van der Waals surface area contributed by atoms with Gasteiger partial charge in [0.2, 0.25) is 6.41 Å². The second kappa shape index (κ2) is 5.47. The van der Waals surface area contributed by atoms with E-state index in [2.05, 4.69) is 6.58 Å². The van der Waals surface area contributed by atoms with Crippen molar-refractivity contribution in [3.8, 4) is 0 Å². The van der Waals surface area contributed by atoms with Crippen molar-refractivity contribution in [2.45, 2.75) is 6.92 Å². The minimum absolute atomic E-state index is 0.747. The normalized spacial score (nSPS) is 11.6. The number of nitrogens with zero attached hydrogens (tertiary/aromatic N) is 1. The summed E-state index contributed by atoms with van der Waals surface area (Å²) in [4.78, 5) is 11.7. The Hall–Kier alpha value is -1.31. The molecule has 0 atom stereocenters. The van der Waals surface area contributed by atoms with Crippen LogP contribution in [0.3, 0.4) is 0 Å². The zero-order chi connectivity index (χ0) is 8.69. The van der Waals surface area contributed by atoms with E-state index in [0.29, 0.717) is 0 Å². The van der Waals surface area contributed by atoms with Gasteiger partial charge in [-0.3, -0.25) is 4.79 Å². The smallest absolute Gasteiger partial charge is 0.213 e. The summed E-state index contributed by atoms with van der Waals surface area (Å²) in [7, 11) is 1.68. The van der Waals surface area contributed by atoms with Crippen molar-refractivity contribution in [1.29, 1.82) is 0 Å². The molecule has 0 rings (SSSR count). The first-order valence-corrected chi connectivity index (χ1v) is 3.39. The maximum Gasteiger partial charge on any atom is 0.213 e. The first-order chi connectivity index (χ1) is 5.26. The van der Waals surface area contributed by atoms with Gasteiger partial charge in [0.05, 0.1) is 0 Å². The van der Waals surface area contributed by atoms with E-state index in [4.69, 9.17) is 0 Å². The van der Waals surface area contributed by atoms with Crippen molar-refractivity contribution in [1.82, 2.24) is 4.90 Å². The van der Waals surface area contributed by atoms with Crippen LogP contribution in [-0.2, 0) is 4.79 Å². The third kappa shape index (κ3) is 3.40. The van der Waals surface area contributed by atoms with E-state index >= 15 is 0 Å². The average molecular weight is 151 g/mol. The van der Waals surface area contributed by atoms with Crippen LogP contribution in [-0.4, -0.2) is 18.4 Å². The van der Waals surface area contributed by atoms with E-state index in [1.165, 1.54) is 4.90 Å². The molecule has 0 spiro atoms. The van der Waals surface area contributed by atoms with E-state index in [1.807, 2.05) is 25.2 Å². The van der Waals surface area contributed by atoms with Crippen molar-refractivity contribution in [2.75, 3.05) is 7.05 Å². The highest BCUT2D eigenvalue weighted by molar-refractivity contribution is 5.52. The molecule has 0 aliphatic rings. The van der Waals surface area contributed by atoms with Gasteiger partial charge in [-0.2, -0.15) is 0 Å². The van der Waals surface area contributed by atoms with Gasteiger partial charge in [-0.25, -0.2) is 0 Å². The van der Waals surface area contributed by atoms with Crippen LogP contribution >= 0.6 is 0 Å². The predicted molar refractivity (Wildman–Crippen MR) is 46.9 cm³/mol. The zero-order valence-corrected chi connectivity index (χ0v) is 6.95. The fourth-order valence-electron chi connectivity index (χ4n) is 0.585. The van der Waals surface area contributed by atoms with E-state index in [9.17, 15) is 4.79 Å². The van der Waals surface area contributed by atoms with Crippen LogP contribution < -0.4 is 0 Å². The maximum absolute atomic E-state index is 10.3. The van der Waals surface area contributed by atoms with Crippen LogP contribution in [0.2, 0.25) is 0 Å². The van der Waals surface area contributed by atoms with Gasteiger partial charge in [0.25, 0.3) is 0 Å². The van der Waals surface area contributed by atoms with E-state index < -0.39 is 0 Å². The minimum Gasteiger partial charge on any atom is -0.318 e. The van der Waals surface area contributed by atoms with Gasteiger partial charge in [0.1, 0.15) is 0 Å². The number of amides is 1. The molecule has 2 nitrogen and oxygen atoms in total. The molecule has 0 aromatic rings. The first-order valence-electron chi connectivity index (χ1n) is 3.39. The van der Waals surface area contributed by atoms with Crippen LogP contribution in [0.1, 0.15) is 6.92 Å². The first kappa shape index (κ1) is 9.69.